The highest BCUT2D eigenvalue weighted by Crippen LogP contribution is 2.43. The monoisotopic (exact) mass is 624 g/mol. The number of rotatable bonds is 7. The number of nitrogens with zero attached hydrogens (tertiary/aromatic N) is 1. The number of pyridine rings is 1. The van der Waals surface area contributed by atoms with E-state index in [1.807, 2.05) is 38.3 Å². The number of thiophene rings is 1. The minimum Gasteiger partial charge on any atom is -0.493 e. The fraction of sp³-hybridized carbons (Fsp3) is 0.314. The highest BCUT2D eigenvalue weighted by Gasteiger charge is 2.32. The lowest BCUT2D eigenvalue weighted by Crippen LogP contribution is -2.44. The zero-order valence-electron chi connectivity index (χ0n) is 25.6. The molecule has 1 aliphatic carbocycles. The maximum absolute atomic E-state index is 14.2. The number of aromatic nitrogens is 1. The number of carbonyl (C=O) groups excluding carboxylic acids is 2. The molecule has 0 unspecified atom stereocenters. The number of amides is 2. The molecule has 4 aromatic rings. The summed E-state index contributed by atoms with van der Waals surface area (Å²) in [5, 5.41) is 18.4. The number of nitrogens with one attached hydrogen (secondary N) is 2. The van der Waals surface area contributed by atoms with Crippen molar-refractivity contribution in [3.05, 3.63) is 87.0 Å². The molecule has 1 saturated carbocycles. The quantitative estimate of drug-likeness (QED) is 0.184. The highest BCUT2D eigenvalue weighted by atomic mass is 32.1. The number of benzene rings is 2. The van der Waals surface area contributed by atoms with E-state index in [2.05, 4.69) is 21.7 Å². The smallest absolute Gasteiger partial charge is 0.355 e. The summed E-state index contributed by atoms with van der Waals surface area (Å²) in [6, 6.07) is 12.5. The van der Waals surface area contributed by atoms with Gasteiger partial charge in [-0.2, -0.15) is 0 Å². The Morgan fingerprint density at radius 1 is 1.00 bits per heavy atom. The Morgan fingerprint density at radius 2 is 1.73 bits per heavy atom. The van der Waals surface area contributed by atoms with Gasteiger partial charge in [-0.05, 0) is 91.6 Å². The van der Waals surface area contributed by atoms with Gasteiger partial charge >= 0.3 is 5.97 Å². The van der Waals surface area contributed by atoms with Crippen LogP contribution < -0.4 is 21.1 Å². The molecule has 2 aromatic heterocycles. The van der Waals surface area contributed by atoms with Crippen LogP contribution in [0.4, 0.5) is 5.69 Å². The van der Waals surface area contributed by atoms with Crippen LogP contribution in [-0.4, -0.2) is 40.0 Å². The summed E-state index contributed by atoms with van der Waals surface area (Å²) in [5.41, 5.74) is 11.3. The zero-order chi connectivity index (χ0) is 31.9. The fourth-order valence-corrected chi connectivity index (χ4v) is 7.44. The van der Waals surface area contributed by atoms with Crippen molar-refractivity contribution in [2.24, 2.45) is 5.73 Å². The minimum absolute atomic E-state index is 0.00996. The molecule has 2 aliphatic rings. The average Bonchev–Trinajstić information content (AvgIpc) is 3.63. The van der Waals surface area contributed by atoms with Crippen LogP contribution in [0.2, 0.25) is 0 Å². The Balaban J connectivity index is 1.47. The van der Waals surface area contributed by atoms with E-state index in [4.69, 9.17) is 10.5 Å². The van der Waals surface area contributed by atoms with Crippen molar-refractivity contribution in [1.29, 1.82) is 0 Å². The molecule has 10 heteroatoms. The van der Waals surface area contributed by atoms with E-state index in [0.717, 1.165) is 58.4 Å². The third kappa shape index (κ3) is 5.95. The SMILES string of the molecule is Cc1cc(CN)cc(C)c1NC(=O)c1cc2c(cc1-c1ccc(C(=O)NC3(C)CCCC3)nc1C(=O)O)OCCc1ccsc1-2. The van der Waals surface area contributed by atoms with Crippen LogP contribution in [-0.2, 0) is 13.0 Å². The lowest BCUT2D eigenvalue weighted by atomic mass is 9.93. The number of ether oxygens (including phenoxy) is 1. The Hall–Kier alpha value is -4.54. The molecule has 1 aliphatic heterocycles. The van der Waals surface area contributed by atoms with Crippen molar-refractivity contribution >= 4 is 34.8 Å². The van der Waals surface area contributed by atoms with Gasteiger partial charge in [-0.1, -0.05) is 25.0 Å². The van der Waals surface area contributed by atoms with Crippen molar-refractivity contribution in [1.82, 2.24) is 10.3 Å². The van der Waals surface area contributed by atoms with Gasteiger partial charge in [-0.25, -0.2) is 9.78 Å². The van der Waals surface area contributed by atoms with Crippen molar-refractivity contribution in [3.8, 4) is 27.3 Å². The van der Waals surface area contributed by atoms with Crippen molar-refractivity contribution in [3.63, 3.8) is 0 Å². The zero-order valence-corrected chi connectivity index (χ0v) is 26.4. The molecule has 2 aromatic carbocycles. The van der Waals surface area contributed by atoms with Gasteiger partial charge in [0.15, 0.2) is 5.69 Å². The Morgan fingerprint density at radius 3 is 2.42 bits per heavy atom. The van der Waals surface area contributed by atoms with E-state index in [-0.39, 0.29) is 28.1 Å². The number of fused-ring (bicyclic) bond motifs is 3. The molecular formula is C35H36N4O5S. The van der Waals surface area contributed by atoms with Gasteiger partial charge in [0, 0.05) is 51.3 Å². The first kappa shape index (κ1) is 30.5. The van der Waals surface area contributed by atoms with Crippen LogP contribution in [0.15, 0.2) is 47.8 Å². The van der Waals surface area contributed by atoms with E-state index >= 15 is 0 Å². The maximum atomic E-state index is 14.2. The van der Waals surface area contributed by atoms with Crippen molar-refractivity contribution in [2.45, 2.75) is 65.0 Å². The number of anilines is 1. The second kappa shape index (κ2) is 12.1. The number of carboxylic acids is 1. The van der Waals surface area contributed by atoms with E-state index < -0.39 is 17.8 Å². The lowest BCUT2D eigenvalue weighted by molar-refractivity contribution is 0.0691. The number of carbonyl (C=O) groups is 3. The Labute approximate surface area is 265 Å². The molecule has 232 valence electrons. The molecule has 45 heavy (non-hydrogen) atoms. The molecular weight excluding hydrogens is 588 g/mol. The number of nitrogens with two attached hydrogens (primary N) is 1. The molecule has 3 heterocycles. The van der Waals surface area contributed by atoms with Crippen LogP contribution in [0.3, 0.4) is 0 Å². The first-order chi connectivity index (χ1) is 21.6. The number of hydrogen-bond donors (Lipinski definition) is 4. The van der Waals surface area contributed by atoms with E-state index in [1.165, 1.54) is 6.07 Å². The first-order valence-corrected chi connectivity index (χ1v) is 16.0. The second-order valence-electron chi connectivity index (χ2n) is 12.1. The highest BCUT2D eigenvalue weighted by molar-refractivity contribution is 7.13. The number of aromatic carboxylic acids is 1. The molecule has 0 saturated heterocycles. The molecule has 2 amide bonds. The van der Waals surface area contributed by atoms with Crippen LogP contribution in [0.5, 0.6) is 5.75 Å². The van der Waals surface area contributed by atoms with Crippen LogP contribution in [0.1, 0.15) is 86.2 Å². The summed E-state index contributed by atoms with van der Waals surface area (Å²) in [6.07, 6.45) is 4.48. The molecule has 0 atom stereocenters. The maximum Gasteiger partial charge on any atom is 0.355 e. The second-order valence-corrected chi connectivity index (χ2v) is 13.1. The Kier molecular flexibility index (Phi) is 8.20. The summed E-state index contributed by atoms with van der Waals surface area (Å²) in [5.74, 6) is -1.59. The van der Waals surface area contributed by atoms with Crippen LogP contribution >= 0.6 is 11.3 Å². The van der Waals surface area contributed by atoms with E-state index in [9.17, 15) is 19.5 Å². The molecule has 1 fully saturated rings. The van der Waals surface area contributed by atoms with E-state index in [1.54, 1.807) is 29.5 Å². The van der Waals surface area contributed by atoms with Crippen molar-refractivity contribution < 1.29 is 24.2 Å². The third-order valence-corrected chi connectivity index (χ3v) is 9.78. The summed E-state index contributed by atoms with van der Waals surface area (Å²) in [4.78, 5) is 45.3. The van der Waals surface area contributed by atoms with Gasteiger partial charge in [0.25, 0.3) is 11.8 Å². The molecule has 9 nitrogen and oxygen atoms in total. The van der Waals surface area contributed by atoms with Gasteiger partial charge in [0.2, 0.25) is 0 Å². The molecule has 6 rings (SSSR count). The average molecular weight is 625 g/mol. The van der Waals surface area contributed by atoms with Crippen LogP contribution in [0, 0.1) is 13.8 Å². The van der Waals surface area contributed by atoms with Crippen LogP contribution in [0.25, 0.3) is 21.6 Å². The normalized spacial score (nSPS) is 14.9. The summed E-state index contributed by atoms with van der Waals surface area (Å²) in [7, 11) is 0. The topological polar surface area (TPSA) is 144 Å². The number of hydrogen-bond acceptors (Lipinski definition) is 7. The number of aryl methyl sites for hydroxylation is 2. The van der Waals surface area contributed by atoms with E-state index in [0.29, 0.717) is 36.6 Å². The predicted octanol–water partition coefficient (Wildman–Crippen LogP) is 6.50. The lowest BCUT2D eigenvalue weighted by Gasteiger charge is -2.25. The Bertz CT molecular complexity index is 1820. The third-order valence-electron chi connectivity index (χ3n) is 8.79. The fourth-order valence-electron chi connectivity index (χ4n) is 6.46. The van der Waals surface area contributed by atoms with Crippen molar-refractivity contribution in [2.75, 3.05) is 11.9 Å². The van der Waals surface area contributed by atoms with Gasteiger partial charge < -0.3 is 26.2 Å². The largest absolute Gasteiger partial charge is 0.493 e. The van der Waals surface area contributed by atoms with Gasteiger partial charge in [0.05, 0.1) is 6.61 Å². The molecule has 0 bridgehead atoms. The molecule has 5 N–H and O–H groups in total. The van der Waals surface area contributed by atoms with Gasteiger partial charge in [0.1, 0.15) is 11.4 Å². The van der Waals surface area contributed by atoms with Gasteiger partial charge in [-0.15, -0.1) is 11.3 Å². The standard InChI is InChI=1S/C35H36N4O5S/c1-19-14-21(18-36)15-20(2)29(19)38-32(40)25-16-26-28(44-12-8-22-9-13-45-31(22)26)17-24(25)23-6-7-27(37-30(23)34(42)43)33(41)39-35(3)10-4-5-11-35/h6-7,9,13-17H,4-5,8,10-12,18,36H2,1-3H3,(H,38,40)(H,39,41)(H,42,43). The molecule has 0 radical (unpaired) electrons. The summed E-state index contributed by atoms with van der Waals surface area (Å²) >= 11 is 1.57. The summed E-state index contributed by atoms with van der Waals surface area (Å²) < 4.78 is 6.15. The summed E-state index contributed by atoms with van der Waals surface area (Å²) in [6.45, 7) is 6.64. The van der Waals surface area contributed by atoms with Gasteiger partial charge in [-0.3, -0.25) is 9.59 Å². The number of carboxylic acid groups (broad SMARTS) is 1. The predicted molar refractivity (Wildman–Crippen MR) is 175 cm³/mol. The first-order valence-electron chi connectivity index (χ1n) is 15.1. The minimum atomic E-state index is -1.31. The molecule has 0 spiro atoms.